The molecule has 0 atom stereocenters. The van der Waals surface area contributed by atoms with E-state index >= 15 is 0 Å². The Labute approximate surface area is 220 Å². The molecule has 3 aromatic rings. The molecular weight excluding hydrogens is 579 g/mol. The lowest BCUT2D eigenvalue weighted by atomic mass is 9.66. The molecule has 2 heterocycles. The number of nitrogens with one attached hydrogen (secondary N) is 1. The molecule has 6 rings (SSSR count). The molecule has 3 saturated carbocycles. The zero-order valence-electron chi connectivity index (χ0n) is 20.0. The molecule has 1 aromatic carbocycles. The quantitative estimate of drug-likeness (QED) is 0.325. The zero-order chi connectivity index (χ0) is 29.9. The van der Waals surface area contributed by atoms with Gasteiger partial charge in [0.25, 0.3) is 0 Å². The number of aliphatic hydroxyl groups excluding tert-OH is 1. The summed E-state index contributed by atoms with van der Waals surface area (Å²) in [5.74, 6) is -4.21. The maximum absolute atomic E-state index is 14.6. The predicted octanol–water partition coefficient (Wildman–Crippen LogP) is 3.35. The number of benzene rings is 1. The van der Waals surface area contributed by atoms with E-state index in [4.69, 9.17) is 15.6 Å². The van der Waals surface area contributed by atoms with Gasteiger partial charge in [0.15, 0.2) is 17.2 Å². The summed E-state index contributed by atoms with van der Waals surface area (Å²) in [4.78, 5) is 15.6. The number of alkyl halides is 6. The summed E-state index contributed by atoms with van der Waals surface area (Å²) in [6.45, 7) is -0.0352. The normalized spacial score (nSPS) is 22.5. The van der Waals surface area contributed by atoms with Gasteiger partial charge in [-0.25, -0.2) is 32.3 Å². The Balaban J connectivity index is 0.000000470. The van der Waals surface area contributed by atoms with E-state index in [2.05, 4.69) is 14.7 Å². The van der Waals surface area contributed by atoms with Gasteiger partial charge in [0, 0.05) is 23.9 Å². The molecule has 0 unspecified atom stereocenters. The topological polar surface area (TPSA) is 160 Å². The lowest BCUT2D eigenvalue weighted by Crippen LogP contribution is -2.56. The first-order valence-electron chi connectivity index (χ1n) is 11.3. The molecule has 0 radical (unpaired) electrons. The maximum atomic E-state index is 14.6. The third-order valence-electron chi connectivity index (χ3n) is 6.81. The summed E-state index contributed by atoms with van der Waals surface area (Å²) >= 11 is 0. The number of nitrogen functional groups attached to an aromatic ring is 1. The third-order valence-corrected chi connectivity index (χ3v) is 8.41. The molecule has 3 fully saturated rings. The second-order valence-electron chi connectivity index (χ2n) is 9.69. The number of nitrogens with zero attached hydrogens (tertiary/aromatic N) is 3. The number of carbonyl (C=O) groups is 1. The number of hydrogen-bond donors (Lipinski definition) is 4. The number of aliphatic hydroxyl groups is 1. The van der Waals surface area contributed by atoms with Gasteiger partial charge in [-0.05, 0) is 49.3 Å². The van der Waals surface area contributed by atoms with E-state index in [1.54, 1.807) is 0 Å². The third kappa shape index (κ3) is 5.42. The first-order valence-corrected chi connectivity index (χ1v) is 12.8. The van der Waals surface area contributed by atoms with Crippen LogP contribution in [0.1, 0.15) is 31.4 Å². The minimum atomic E-state index is -5.08. The number of hydrogen-bond acceptors (Lipinski definition) is 7. The number of nitrogens with two attached hydrogens (primary N) is 1. The molecule has 40 heavy (non-hydrogen) atoms. The van der Waals surface area contributed by atoms with E-state index < -0.39 is 56.1 Å². The highest BCUT2D eigenvalue weighted by Crippen LogP contribution is 2.61. The van der Waals surface area contributed by atoms with Gasteiger partial charge in [-0.2, -0.15) is 26.3 Å². The second kappa shape index (κ2) is 9.55. The van der Waals surface area contributed by atoms with Crippen LogP contribution in [-0.4, -0.2) is 57.3 Å². The van der Waals surface area contributed by atoms with Crippen LogP contribution in [0.15, 0.2) is 35.5 Å². The van der Waals surface area contributed by atoms with E-state index in [0.29, 0.717) is 31.9 Å². The van der Waals surface area contributed by atoms with Gasteiger partial charge in [0.2, 0.25) is 10.0 Å². The van der Waals surface area contributed by atoms with E-state index in [1.165, 1.54) is 12.3 Å². The molecule has 218 valence electrons. The lowest BCUT2D eigenvalue weighted by molar-refractivity contribution is -0.192. The van der Waals surface area contributed by atoms with Gasteiger partial charge in [-0.15, -0.1) is 0 Å². The Kier molecular flexibility index (Phi) is 7.04. The largest absolute Gasteiger partial charge is 0.490 e. The van der Waals surface area contributed by atoms with E-state index in [-0.39, 0.29) is 28.9 Å². The Bertz CT molecular complexity index is 1580. The molecule has 3 aliphatic carbocycles. The van der Waals surface area contributed by atoms with Crippen molar-refractivity contribution >= 4 is 27.5 Å². The molecule has 0 aliphatic heterocycles. The average Bonchev–Trinajstić information content (AvgIpc) is 3.50. The van der Waals surface area contributed by atoms with Crippen LogP contribution in [0.5, 0.6) is 0 Å². The van der Waals surface area contributed by atoms with Gasteiger partial charge < -0.3 is 15.9 Å². The summed E-state index contributed by atoms with van der Waals surface area (Å²) in [5, 5.41) is 16.7. The van der Waals surface area contributed by atoms with Crippen LogP contribution in [0.2, 0.25) is 0 Å². The molecular formula is C22H20F7N5O5S. The average molecular weight is 599 g/mol. The van der Waals surface area contributed by atoms with E-state index in [1.807, 2.05) is 0 Å². The monoisotopic (exact) mass is 599 g/mol. The Morgan fingerprint density at radius 1 is 1.15 bits per heavy atom. The number of halogens is 7. The van der Waals surface area contributed by atoms with Crippen molar-refractivity contribution in [1.82, 2.24) is 19.1 Å². The van der Waals surface area contributed by atoms with Crippen LogP contribution in [0.3, 0.4) is 0 Å². The van der Waals surface area contributed by atoms with Gasteiger partial charge in [0.05, 0.1) is 11.9 Å². The predicted molar refractivity (Wildman–Crippen MR) is 123 cm³/mol. The fraction of sp³-hybridized carbons (Fsp3) is 0.409. The second-order valence-corrected chi connectivity index (χ2v) is 11.3. The first kappa shape index (κ1) is 29.5. The standard InChI is InChI=1S/C20H19F4N5O3S.C2HF3O2/c21-12-2-1-11(13-6-26-17-16(25)27-15(7-29(13)17)20(22,23)24)5-14(12)33(31,32)28-19-4-3-18(8-19,9-19)10-30;3-2(4,5)1(6)7/h1-2,5-7,28,30H,3-4,8-10H2,(H2,25,27);(H,6,7). The molecule has 2 bridgehead atoms. The number of carboxylic acids is 1. The fourth-order valence-electron chi connectivity index (χ4n) is 5.13. The summed E-state index contributed by atoms with van der Waals surface area (Å²) in [7, 11) is -4.29. The van der Waals surface area contributed by atoms with Crippen LogP contribution in [0.4, 0.5) is 36.6 Å². The Morgan fingerprint density at radius 2 is 1.77 bits per heavy atom. The number of rotatable bonds is 5. The Morgan fingerprint density at radius 3 is 2.30 bits per heavy atom. The van der Waals surface area contributed by atoms with Crippen LogP contribution in [0, 0.1) is 11.2 Å². The summed E-state index contributed by atoms with van der Waals surface area (Å²) in [5.41, 5.74) is 3.52. The van der Waals surface area contributed by atoms with Crippen molar-refractivity contribution in [2.24, 2.45) is 5.41 Å². The highest BCUT2D eigenvalue weighted by Gasteiger charge is 2.61. The number of aliphatic carboxylic acids is 1. The number of fused-ring (bicyclic) bond motifs is 2. The van der Waals surface area contributed by atoms with Crippen LogP contribution >= 0.6 is 0 Å². The van der Waals surface area contributed by atoms with Gasteiger partial charge in [-0.3, -0.25) is 4.40 Å². The SMILES string of the molecule is Nc1nc(C(F)(F)F)cn2c(-c3ccc(F)c(S(=O)(=O)NC45CCC(CO)(C4)C5)c3)cnc12.O=C(O)C(F)(F)F. The smallest absolute Gasteiger partial charge is 0.475 e. The highest BCUT2D eigenvalue weighted by atomic mass is 32.2. The fourth-order valence-corrected chi connectivity index (χ4v) is 6.66. The van der Waals surface area contributed by atoms with Gasteiger partial charge in [0.1, 0.15) is 10.7 Å². The number of sulfonamides is 1. The van der Waals surface area contributed by atoms with Gasteiger partial charge in [-0.1, -0.05) is 0 Å². The van der Waals surface area contributed by atoms with Crippen molar-refractivity contribution in [3.05, 3.63) is 42.1 Å². The lowest BCUT2D eigenvalue weighted by Gasteiger charge is -2.46. The highest BCUT2D eigenvalue weighted by molar-refractivity contribution is 7.89. The summed E-state index contributed by atoms with van der Waals surface area (Å²) in [6, 6.07) is 3.23. The Hall–Kier alpha value is -3.51. The molecule has 0 saturated heterocycles. The van der Waals surface area contributed by atoms with Crippen LogP contribution < -0.4 is 10.5 Å². The summed E-state index contributed by atoms with van der Waals surface area (Å²) < 4.78 is 116. The zero-order valence-corrected chi connectivity index (χ0v) is 20.8. The number of aromatic nitrogens is 3. The minimum Gasteiger partial charge on any atom is -0.475 e. The molecule has 0 amide bonds. The molecule has 10 nitrogen and oxygen atoms in total. The minimum absolute atomic E-state index is 0.0352. The molecule has 0 spiro atoms. The van der Waals surface area contributed by atoms with Crippen molar-refractivity contribution in [3.63, 3.8) is 0 Å². The van der Waals surface area contributed by atoms with Crippen LogP contribution in [0.25, 0.3) is 16.9 Å². The van der Waals surface area contributed by atoms with Crippen molar-refractivity contribution in [2.45, 2.75) is 48.5 Å². The van der Waals surface area contributed by atoms with Crippen LogP contribution in [-0.2, 0) is 21.0 Å². The van der Waals surface area contributed by atoms with E-state index in [0.717, 1.165) is 16.5 Å². The molecule has 5 N–H and O–H groups in total. The van der Waals surface area contributed by atoms with Crippen molar-refractivity contribution in [2.75, 3.05) is 12.3 Å². The first-order chi connectivity index (χ1) is 18.3. The number of carboxylic acid groups (broad SMARTS) is 1. The number of imidazole rings is 1. The maximum Gasteiger partial charge on any atom is 0.490 e. The van der Waals surface area contributed by atoms with Crippen molar-refractivity contribution < 1.29 is 54.2 Å². The van der Waals surface area contributed by atoms with Crippen molar-refractivity contribution in [1.29, 1.82) is 0 Å². The molecule has 3 aliphatic rings. The molecule has 2 aromatic heterocycles. The summed E-state index contributed by atoms with van der Waals surface area (Å²) in [6.07, 6.45) is -5.79. The number of anilines is 1. The molecule has 18 heteroatoms. The van der Waals surface area contributed by atoms with E-state index in [9.17, 15) is 44.3 Å². The van der Waals surface area contributed by atoms with Crippen molar-refractivity contribution in [3.8, 4) is 11.3 Å². The van der Waals surface area contributed by atoms with Gasteiger partial charge >= 0.3 is 18.3 Å².